The summed E-state index contributed by atoms with van der Waals surface area (Å²) in [5, 5.41) is 3.00. The summed E-state index contributed by atoms with van der Waals surface area (Å²) in [4.78, 5) is 11.8. The minimum atomic E-state index is 0.0201. The van der Waals surface area contributed by atoms with Crippen LogP contribution >= 0.6 is 0 Å². The normalized spacial score (nSPS) is 17.7. The molecule has 0 saturated carbocycles. The van der Waals surface area contributed by atoms with E-state index in [0.717, 1.165) is 25.8 Å². The van der Waals surface area contributed by atoms with Crippen LogP contribution in [0.5, 0.6) is 0 Å². The van der Waals surface area contributed by atoms with E-state index in [1.165, 1.54) is 5.56 Å². The largest absolute Gasteiger partial charge is 0.356 e. The molecule has 1 aromatic rings. The van der Waals surface area contributed by atoms with Gasteiger partial charge in [0.25, 0.3) is 0 Å². The highest BCUT2D eigenvalue weighted by Crippen LogP contribution is 2.11. The third-order valence-corrected chi connectivity index (χ3v) is 3.10. The first-order valence-corrected chi connectivity index (χ1v) is 6.51. The van der Waals surface area contributed by atoms with Crippen LogP contribution in [0.1, 0.15) is 18.4 Å². The highest BCUT2D eigenvalue weighted by Gasteiger charge is 2.14. The van der Waals surface area contributed by atoms with E-state index in [2.05, 4.69) is 17.4 Å². The highest BCUT2D eigenvalue weighted by atomic mass is 16.1. The quantitative estimate of drug-likeness (QED) is 0.789. The number of amides is 1. The number of hydrogen-bond donors (Lipinski definition) is 1. The van der Waals surface area contributed by atoms with Crippen LogP contribution in [-0.4, -0.2) is 12.5 Å². The molecule has 1 aliphatic carbocycles. The Labute approximate surface area is 108 Å². The van der Waals surface area contributed by atoms with E-state index in [9.17, 15) is 4.79 Å². The van der Waals surface area contributed by atoms with Crippen molar-refractivity contribution in [2.75, 3.05) is 6.54 Å². The van der Waals surface area contributed by atoms with Gasteiger partial charge in [0.2, 0.25) is 5.91 Å². The van der Waals surface area contributed by atoms with Crippen molar-refractivity contribution in [3.05, 3.63) is 60.2 Å². The molecule has 2 nitrogen and oxygen atoms in total. The van der Waals surface area contributed by atoms with E-state index >= 15 is 0 Å². The van der Waals surface area contributed by atoms with Crippen LogP contribution in [0.3, 0.4) is 0 Å². The van der Waals surface area contributed by atoms with Gasteiger partial charge in [0, 0.05) is 6.54 Å². The van der Waals surface area contributed by atoms with Gasteiger partial charge in [0.15, 0.2) is 0 Å². The number of aryl methyl sites for hydroxylation is 1. The van der Waals surface area contributed by atoms with E-state index in [1.54, 1.807) is 0 Å². The summed E-state index contributed by atoms with van der Waals surface area (Å²) < 4.78 is 0. The lowest BCUT2D eigenvalue weighted by Gasteiger charge is -2.13. The molecule has 0 spiro atoms. The molecule has 0 saturated heterocycles. The summed E-state index contributed by atoms with van der Waals surface area (Å²) in [7, 11) is 0. The van der Waals surface area contributed by atoms with Crippen molar-refractivity contribution < 1.29 is 4.79 Å². The Morgan fingerprint density at radius 2 is 2.06 bits per heavy atom. The molecule has 0 heterocycles. The van der Waals surface area contributed by atoms with Gasteiger partial charge < -0.3 is 5.32 Å². The SMILES string of the molecule is O=C(NCCCc1ccccc1)C1C=CC=CC1. The molecule has 0 radical (unpaired) electrons. The number of benzene rings is 1. The Morgan fingerprint density at radius 1 is 1.22 bits per heavy atom. The van der Waals surface area contributed by atoms with Crippen molar-refractivity contribution in [1.82, 2.24) is 5.32 Å². The first-order chi connectivity index (χ1) is 8.86. The summed E-state index contributed by atoms with van der Waals surface area (Å²) in [6.45, 7) is 0.752. The molecule has 0 aromatic heterocycles. The predicted molar refractivity (Wildman–Crippen MR) is 74.2 cm³/mol. The summed E-state index contributed by atoms with van der Waals surface area (Å²) in [5.41, 5.74) is 1.33. The second-order valence-corrected chi connectivity index (χ2v) is 4.54. The lowest BCUT2D eigenvalue weighted by atomic mass is 10.00. The maximum absolute atomic E-state index is 11.8. The zero-order valence-corrected chi connectivity index (χ0v) is 10.5. The molecular formula is C16H19NO. The molecule has 1 N–H and O–H groups in total. The maximum Gasteiger partial charge on any atom is 0.227 e. The molecule has 0 bridgehead atoms. The Kier molecular flexibility index (Phi) is 4.77. The molecular weight excluding hydrogens is 222 g/mol. The highest BCUT2D eigenvalue weighted by molar-refractivity contribution is 5.80. The Balaban J connectivity index is 1.65. The van der Waals surface area contributed by atoms with Gasteiger partial charge >= 0.3 is 0 Å². The first-order valence-electron chi connectivity index (χ1n) is 6.51. The molecule has 1 atom stereocenters. The molecule has 1 amide bonds. The molecule has 0 fully saturated rings. The minimum Gasteiger partial charge on any atom is -0.356 e. The van der Waals surface area contributed by atoms with Gasteiger partial charge in [-0.1, -0.05) is 54.6 Å². The Hall–Kier alpha value is -1.83. The standard InChI is InChI=1S/C16H19NO/c18-16(15-11-5-2-6-12-15)17-13-7-10-14-8-3-1-4-9-14/h1-6,8-9,11,15H,7,10,12-13H2,(H,17,18). The number of nitrogens with one attached hydrogen (secondary N) is 1. The first kappa shape index (κ1) is 12.6. The lowest BCUT2D eigenvalue weighted by molar-refractivity contribution is -0.123. The monoisotopic (exact) mass is 241 g/mol. The van der Waals surface area contributed by atoms with Crippen LogP contribution in [0.4, 0.5) is 0 Å². The van der Waals surface area contributed by atoms with Gasteiger partial charge in [0.1, 0.15) is 0 Å². The van der Waals surface area contributed by atoms with Crippen molar-refractivity contribution in [2.45, 2.75) is 19.3 Å². The molecule has 1 aliphatic rings. The number of allylic oxidation sites excluding steroid dienone is 3. The Bertz CT molecular complexity index is 434. The van der Waals surface area contributed by atoms with Gasteiger partial charge in [-0.3, -0.25) is 4.79 Å². The predicted octanol–water partition coefficient (Wildman–Crippen LogP) is 2.87. The van der Waals surface area contributed by atoms with Crippen molar-refractivity contribution in [3.63, 3.8) is 0 Å². The fraction of sp³-hybridized carbons (Fsp3) is 0.312. The van der Waals surface area contributed by atoms with E-state index in [4.69, 9.17) is 0 Å². The van der Waals surface area contributed by atoms with Crippen molar-refractivity contribution in [1.29, 1.82) is 0 Å². The van der Waals surface area contributed by atoms with Crippen molar-refractivity contribution >= 4 is 5.91 Å². The molecule has 2 heteroatoms. The van der Waals surface area contributed by atoms with Gasteiger partial charge in [-0.05, 0) is 24.8 Å². The number of rotatable bonds is 5. The molecule has 1 aromatic carbocycles. The summed E-state index contributed by atoms with van der Waals surface area (Å²) in [6.07, 6.45) is 10.8. The number of carbonyl (C=O) groups excluding carboxylic acids is 1. The maximum atomic E-state index is 11.8. The van der Waals surface area contributed by atoms with Crippen LogP contribution in [0.2, 0.25) is 0 Å². The number of carbonyl (C=O) groups is 1. The summed E-state index contributed by atoms with van der Waals surface area (Å²) >= 11 is 0. The summed E-state index contributed by atoms with van der Waals surface area (Å²) in [6, 6.07) is 10.4. The van der Waals surface area contributed by atoms with Gasteiger partial charge in [-0.25, -0.2) is 0 Å². The van der Waals surface area contributed by atoms with Crippen LogP contribution in [0.25, 0.3) is 0 Å². The van der Waals surface area contributed by atoms with Crippen LogP contribution < -0.4 is 5.32 Å². The van der Waals surface area contributed by atoms with Crippen molar-refractivity contribution in [3.8, 4) is 0 Å². The smallest absolute Gasteiger partial charge is 0.227 e. The molecule has 18 heavy (non-hydrogen) atoms. The van der Waals surface area contributed by atoms with Crippen molar-refractivity contribution in [2.24, 2.45) is 5.92 Å². The van der Waals surface area contributed by atoms with E-state index < -0.39 is 0 Å². The molecule has 94 valence electrons. The fourth-order valence-electron chi connectivity index (χ4n) is 2.05. The zero-order chi connectivity index (χ0) is 12.6. The fourth-order valence-corrected chi connectivity index (χ4v) is 2.05. The van der Waals surface area contributed by atoms with Gasteiger partial charge in [-0.15, -0.1) is 0 Å². The minimum absolute atomic E-state index is 0.0201. The molecule has 0 aliphatic heterocycles. The average molecular weight is 241 g/mol. The van der Waals surface area contributed by atoms with Gasteiger partial charge in [-0.2, -0.15) is 0 Å². The van der Waals surface area contributed by atoms with E-state index in [1.807, 2.05) is 42.5 Å². The molecule has 2 rings (SSSR count). The van der Waals surface area contributed by atoms with Crippen LogP contribution in [0, 0.1) is 5.92 Å². The second-order valence-electron chi connectivity index (χ2n) is 4.54. The second kappa shape index (κ2) is 6.80. The summed E-state index contributed by atoms with van der Waals surface area (Å²) in [5.74, 6) is 0.162. The van der Waals surface area contributed by atoms with Gasteiger partial charge in [0.05, 0.1) is 5.92 Å². The number of hydrogen-bond acceptors (Lipinski definition) is 1. The Morgan fingerprint density at radius 3 is 2.78 bits per heavy atom. The van der Waals surface area contributed by atoms with Crippen LogP contribution in [-0.2, 0) is 11.2 Å². The van der Waals surface area contributed by atoms with E-state index in [0.29, 0.717) is 0 Å². The molecule has 1 unspecified atom stereocenters. The lowest BCUT2D eigenvalue weighted by Crippen LogP contribution is -2.30. The van der Waals surface area contributed by atoms with E-state index in [-0.39, 0.29) is 11.8 Å². The van der Waals surface area contributed by atoms with Crippen LogP contribution in [0.15, 0.2) is 54.6 Å². The third-order valence-electron chi connectivity index (χ3n) is 3.10. The average Bonchev–Trinajstić information content (AvgIpc) is 2.45. The zero-order valence-electron chi connectivity index (χ0n) is 10.5. The third kappa shape index (κ3) is 3.88. The topological polar surface area (TPSA) is 29.1 Å².